The number of halogens is 1. The van der Waals surface area contributed by atoms with Gasteiger partial charge in [0.15, 0.2) is 0 Å². The van der Waals surface area contributed by atoms with E-state index in [0.29, 0.717) is 24.2 Å². The first kappa shape index (κ1) is 12.8. The second kappa shape index (κ2) is 4.82. The van der Waals surface area contributed by atoms with E-state index in [1.54, 1.807) is 4.68 Å². The quantitative estimate of drug-likeness (QED) is 0.801. The van der Waals surface area contributed by atoms with Crippen LogP contribution in [0.2, 0.25) is 5.02 Å². The predicted molar refractivity (Wildman–Crippen MR) is 80.0 cm³/mol. The Bertz CT molecular complexity index is 801. The maximum Gasteiger partial charge on any atom is 0.132 e. The maximum absolute atomic E-state index is 6.07. The number of rotatable bonds is 4. The highest BCUT2D eigenvalue weighted by molar-refractivity contribution is 6.31. The van der Waals surface area contributed by atoms with E-state index in [9.17, 15) is 0 Å². The predicted octanol–water partition coefficient (Wildman–Crippen LogP) is 2.12. The third-order valence-electron chi connectivity index (χ3n) is 3.74. The van der Waals surface area contributed by atoms with Gasteiger partial charge in [-0.25, -0.2) is 9.67 Å². The SMILES string of the molecule is NCc1cn(Cc2nc3cc(Cl)ccc3n2C2CC2)nn1. The van der Waals surface area contributed by atoms with Crippen LogP contribution in [0.1, 0.15) is 30.4 Å². The lowest BCUT2D eigenvalue weighted by Gasteiger charge is -2.07. The molecule has 21 heavy (non-hydrogen) atoms. The number of nitrogens with zero attached hydrogens (tertiary/aromatic N) is 5. The molecule has 2 N–H and O–H groups in total. The van der Waals surface area contributed by atoms with Crippen molar-refractivity contribution < 1.29 is 0 Å². The van der Waals surface area contributed by atoms with Crippen LogP contribution in [0, 0.1) is 0 Å². The fourth-order valence-corrected chi connectivity index (χ4v) is 2.79. The van der Waals surface area contributed by atoms with Gasteiger partial charge < -0.3 is 10.3 Å². The standard InChI is InChI=1S/C14H15ClN6/c15-9-1-4-13-12(5-9)17-14(21(13)11-2-3-11)8-20-7-10(6-16)18-19-20/h1,4-5,7,11H,2-3,6,8,16H2. The van der Waals surface area contributed by atoms with Crippen LogP contribution in [-0.2, 0) is 13.1 Å². The van der Waals surface area contributed by atoms with Crippen molar-refractivity contribution in [3.63, 3.8) is 0 Å². The summed E-state index contributed by atoms with van der Waals surface area (Å²) in [6.07, 6.45) is 4.27. The van der Waals surface area contributed by atoms with Crippen molar-refractivity contribution in [3.8, 4) is 0 Å². The van der Waals surface area contributed by atoms with Gasteiger partial charge in [-0.1, -0.05) is 16.8 Å². The van der Waals surface area contributed by atoms with Crippen molar-refractivity contribution in [2.24, 2.45) is 5.73 Å². The number of nitrogens with two attached hydrogens (primary N) is 1. The molecule has 0 unspecified atom stereocenters. The first-order chi connectivity index (χ1) is 10.2. The molecular weight excluding hydrogens is 288 g/mol. The fraction of sp³-hybridized carbons (Fsp3) is 0.357. The normalized spacial score (nSPS) is 15.0. The van der Waals surface area contributed by atoms with Crippen LogP contribution in [0.3, 0.4) is 0 Å². The Morgan fingerprint density at radius 2 is 2.19 bits per heavy atom. The second-order valence-corrected chi connectivity index (χ2v) is 5.81. The van der Waals surface area contributed by atoms with E-state index >= 15 is 0 Å². The molecule has 3 aromatic rings. The van der Waals surface area contributed by atoms with Crippen molar-refractivity contribution in [1.29, 1.82) is 0 Å². The van der Waals surface area contributed by atoms with E-state index in [0.717, 1.165) is 22.6 Å². The summed E-state index contributed by atoms with van der Waals surface area (Å²) in [5.74, 6) is 0.989. The van der Waals surface area contributed by atoms with E-state index in [1.165, 1.54) is 12.8 Å². The van der Waals surface area contributed by atoms with Crippen molar-refractivity contribution in [2.45, 2.75) is 32.0 Å². The van der Waals surface area contributed by atoms with Gasteiger partial charge >= 0.3 is 0 Å². The van der Waals surface area contributed by atoms with Crippen molar-refractivity contribution >= 4 is 22.6 Å². The Morgan fingerprint density at radius 3 is 2.90 bits per heavy atom. The molecule has 108 valence electrons. The zero-order chi connectivity index (χ0) is 14.4. The molecule has 1 aliphatic carbocycles. The molecule has 0 saturated heterocycles. The Hall–Kier alpha value is -1.92. The topological polar surface area (TPSA) is 74.6 Å². The summed E-state index contributed by atoms with van der Waals surface area (Å²) in [6, 6.07) is 6.41. The minimum absolute atomic E-state index is 0.397. The summed E-state index contributed by atoms with van der Waals surface area (Å²) >= 11 is 6.07. The molecule has 0 bridgehead atoms. The number of imidazole rings is 1. The number of hydrogen-bond acceptors (Lipinski definition) is 4. The van der Waals surface area contributed by atoms with E-state index in [1.807, 2.05) is 24.4 Å². The molecular formula is C14H15ClN6. The zero-order valence-electron chi connectivity index (χ0n) is 11.4. The van der Waals surface area contributed by atoms with Crippen LogP contribution in [0.4, 0.5) is 0 Å². The van der Waals surface area contributed by atoms with Gasteiger partial charge in [-0.15, -0.1) is 5.10 Å². The largest absolute Gasteiger partial charge is 0.325 e. The molecule has 1 fully saturated rings. The highest BCUT2D eigenvalue weighted by Crippen LogP contribution is 2.39. The number of benzene rings is 1. The minimum atomic E-state index is 0.397. The molecule has 0 radical (unpaired) electrons. The Labute approximate surface area is 126 Å². The summed E-state index contributed by atoms with van der Waals surface area (Å²) in [4.78, 5) is 4.72. The van der Waals surface area contributed by atoms with Crippen molar-refractivity contribution in [3.05, 3.63) is 40.9 Å². The van der Waals surface area contributed by atoms with Gasteiger partial charge in [0.1, 0.15) is 12.4 Å². The molecule has 1 aliphatic rings. The molecule has 0 aliphatic heterocycles. The monoisotopic (exact) mass is 302 g/mol. The molecule has 0 amide bonds. The average Bonchev–Trinajstić information content (AvgIpc) is 3.10. The Balaban J connectivity index is 1.77. The van der Waals surface area contributed by atoms with Crippen molar-refractivity contribution in [2.75, 3.05) is 0 Å². The average molecular weight is 303 g/mol. The van der Waals surface area contributed by atoms with Gasteiger partial charge in [-0.3, -0.25) is 0 Å². The van der Waals surface area contributed by atoms with Gasteiger partial charge in [0.2, 0.25) is 0 Å². The third-order valence-corrected chi connectivity index (χ3v) is 3.97. The van der Waals surface area contributed by atoms with E-state index in [2.05, 4.69) is 14.9 Å². The third kappa shape index (κ3) is 2.30. The molecule has 2 heterocycles. The van der Waals surface area contributed by atoms with Crippen LogP contribution < -0.4 is 5.73 Å². The number of hydrogen-bond donors (Lipinski definition) is 1. The Morgan fingerprint density at radius 1 is 1.33 bits per heavy atom. The van der Waals surface area contributed by atoms with Crippen LogP contribution in [0.15, 0.2) is 24.4 Å². The minimum Gasteiger partial charge on any atom is -0.325 e. The highest BCUT2D eigenvalue weighted by Gasteiger charge is 2.28. The fourth-order valence-electron chi connectivity index (χ4n) is 2.63. The number of fused-ring (bicyclic) bond motifs is 1. The van der Waals surface area contributed by atoms with E-state index in [-0.39, 0.29) is 0 Å². The highest BCUT2D eigenvalue weighted by atomic mass is 35.5. The lowest BCUT2D eigenvalue weighted by molar-refractivity contribution is 0.589. The first-order valence-corrected chi connectivity index (χ1v) is 7.38. The summed E-state index contributed by atoms with van der Waals surface area (Å²) in [7, 11) is 0. The zero-order valence-corrected chi connectivity index (χ0v) is 12.2. The van der Waals surface area contributed by atoms with E-state index in [4.69, 9.17) is 22.3 Å². The van der Waals surface area contributed by atoms with Crippen LogP contribution >= 0.6 is 11.6 Å². The van der Waals surface area contributed by atoms with Crippen molar-refractivity contribution in [1.82, 2.24) is 24.5 Å². The van der Waals surface area contributed by atoms with E-state index < -0.39 is 0 Å². The van der Waals surface area contributed by atoms with Crippen LogP contribution in [0.5, 0.6) is 0 Å². The van der Waals surface area contributed by atoms with Gasteiger partial charge in [-0.2, -0.15) is 0 Å². The summed E-state index contributed by atoms with van der Waals surface area (Å²) < 4.78 is 4.08. The van der Waals surface area contributed by atoms with Gasteiger partial charge in [-0.05, 0) is 31.0 Å². The summed E-state index contributed by atoms with van der Waals surface area (Å²) in [5, 5.41) is 8.83. The van der Waals surface area contributed by atoms with Gasteiger partial charge in [0.05, 0.1) is 22.9 Å². The molecule has 7 heteroatoms. The lowest BCUT2D eigenvalue weighted by atomic mass is 10.3. The van der Waals surface area contributed by atoms with Crippen LogP contribution in [-0.4, -0.2) is 24.5 Å². The first-order valence-electron chi connectivity index (χ1n) is 7.00. The van der Waals surface area contributed by atoms with Gasteiger partial charge in [0, 0.05) is 17.6 Å². The maximum atomic E-state index is 6.07. The molecule has 0 atom stereocenters. The second-order valence-electron chi connectivity index (χ2n) is 5.37. The molecule has 1 saturated carbocycles. The molecule has 1 aromatic carbocycles. The molecule has 2 aromatic heterocycles. The number of aromatic nitrogens is 5. The smallest absolute Gasteiger partial charge is 0.132 e. The molecule has 0 spiro atoms. The summed E-state index contributed by atoms with van der Waals surface area (Å²) in [5.41, 5.74) is 8.42. The Kier molecular flexibility index (Phi) is 2.94. The molecule has 6 nitrogen and oxygen atoms in total. The van der Waals surface area contributed by atoms with Gasteiger partial charge in [0.25, 0.3) is 0 Å². The van der Waals surface area contributed by atoms with Crippen LogP contribution in [0.25, 0.3) is 11.0 Å². The molecule has 4 rings (SSSR count). The summed E-state index contributed by atoms with van der Waals surface area (Å²) in [6.45, 7) is 0.991. The lowest BCUT2D eigenvalue weighted by Crippen LogP contribution is -2.08.